The maximum absolute atomic E-state index is 13.0. The summed E-state index contributed by atoms with van der Waals surface area (Å²) in [6.07, 6.45) is -10.4. The van der Waals surface area contributed by atoms with E-state index < -0.39 is 47.5 Å². The first-order valence-electron chi connectivity index (χ1n) is 6.42. The molecule has 0 spiro atoms. The van der Waals surface area contributed by atoms with Crippen LogP contribution in [0.1, 0.15) is 22.3 Å². The van der Waals surface area contributed by atoms with Crippen molar-refractivity contribution in [2.75, 3.05) is 14.1 Å². The van der Waals surface area contributed by atoms with Crippen molar-refractivity contribution >= 4 is 5.97 Å². The standard InChI is InChI=1S/C14H15F6NO2/c1-7-8(5-11(12(22)23)21(2)3)4-9(13(15,16)17)6-10(7)14(18,19)20/h4,6,11H,5H2,1-3H3,(H,22,23). The molecule has 23 heavy (non-hydrogen) atoms. The Morgan fingerprint density at radius 1 is 1.13 bits per heavy atom. The Balaban J connectivity index is 3.49. The molecular weight excluding hydrogens is 328 g/mol. The molecule has 0 bridgehead atoms. The smallest absolute Gasteiger partial charge is 0.416 e. The van der Waals surface area contributed by atoms with Gasteiger partial charge >= 0.3 is 18.3 Å². The summed E-state index contributed by atoms with van der Waals surface area (Å²) in [6, 6.07) is -0.618. The van der Waals surface area contributed by atoms with Crippen LogP contribution in [0.25, 0.3) is 0 Å². The van der Waals surface area contributed by atoms with E-state index >= 15 is 0 Å². The lowest BCUT2D eigenvalue weighted by atomic mass is 9.93. The number of alkyl halides is 6. The number of carboxylic acids is 1. The molecule has 130 valence electrons. The number of likely N-dealkylation sites (N-methyl/N-ethyl adjacent to an activating group) is 1. The minimum atomic E-state index is -4.96. The fourth-order valence-corrected chi connectivity index (χ4v) is 2.14. The predicted octanol–water partition coefficient (Wildman–Crippen LogP) is 3.59. The second-order valence-electron chi connectivity index (χ2n) is 5.33. The van der Waals surface area contributed by atoms with Crippen LogP contribution in [-0.2, 0) is 23.6 Å². The van der Waals surface area contributed by atoms with Gasteiger partial charge in [0.05, 0.1) is 11.1 Å². The zero-order valence-electron chi connectivity index (χ0n) is 12.5. The number of hydrogen-bond acceptors (Lipinski definition) is 2. The van der Waals surface area contributed by atoms with Crippen molar-refractivity contribution in [1.29, 1.82) is 0 Å². The summed E-state index contributed by atoms with van der Waals surface area (Å²) in [4.78, 5) is 12.4. The number of halogens is 6. The van der Waals surface area contributed by atoms with E-state index in [2.05, 4.69) is 0 Å². The van der Waals surface area contributed by atoms with Crippen LogP contribution in [0.5, 0.6) is 0 Å². The van der Waals surface area contributed by atoms with E-state index in [9.17, 15) is 31.1 Å². The maximum Gasteiger partial charge on any atom is 0.416 e. The van der Waals surface area contributed by atoms with Gasteiger partial charge in [0.25, 0.3) is 0 Å². The number of benzene rings is 1. The molecule has 0 aromatic heterocycles. The molecule has 3 nitrogen and oxygen atoms in total. The highest BCUT2D eigenvalue weighted by molar-refractivity contribution is 5.74. The van der Waals surface area contributed by atoms with Crippen LogP contribution in [0.3, 0.4) is 0 Å². The first-order chi connectivity index (χ1) is 10.2. The van der Waals surface area contributed by atoms with Gasteiger partial charge < -0.3 is 5.11 Å². The number of carbonyl (C=O) groups is 1. The summed E-state index contributed by atoms with van der Waals surface area (Å²) < 4.78 is 77.4. The Bertz CT molecular complexity index is 592. The number of hydrogen-bond donors (Lipinski definition) is 1. The van der Waals surface area contributed by atoms with E-state index in [0.717, 1.165) is 6.92 Å². The molecule has 0 fully saturated rings. The van der Waals surface area contributed by atoms with Gasteiger partial charge in [0.15, 0.2) is 0 Å². The number of nitrogens with zero attached hydrogens (tertiary/aromatic N) is 1. The van der Waals surface area contributed by atoms with Crippen LogP contribution in [-0.4, -0.2) is 36.1 Å². The summed E-state index contributed by atoms with van der Waals surface area (Å²) in [5, 5.41) is 9.07. The van der Waals surface area contributed by atoms with Crippen molar-refractivity contribution in [3.63, 3.8) is 0 Å². The molecular formula is C14H15F6NO2. The molecule has 9 heteroatoms. The summed E-state index contributed by atoms with van der Waals surface area (Å²) in [5.41, 5.74) is -3.56. The molecule has 1 N–H and O–H groups in total. The van der Waals surface area contributed by atoms with Gasteiger partial charge in [-0.15, -0.1) is 0 Å². The molecule has 0 aliphatic heterocycles. The molecule has 0 saturated heterocycles. The van der Waals surface area contributed by atoms with Crippen LogP contribution in [0.15, 0.2) is 12.1 Å². The monoisotopic (exact) mass is 343 g/mol. The van der Waals surface area contributed by atoms with Gasteiger partial charge in [-0.25, -0.2) is 0 Å². The van der Waals surface area contributed by atoms with E-state index in [-0.39, 0.29) is 11.6 Å². The molecule has 1 aromatic carbocycles. The third-order valence-electron chi connectivity index (χ3n) is 3.47. The van der Waals surface area contributed by atoms with E-state index in [1.54, 1.807) is 0 Å². The summed E-state index contributed by atoms with van der Waals surface area (Å²) in [6.45, 7) is 1.03. The lowest BCUT2D eigenvalue weighted by Gasteiger charge is -2.23. The highest BCUT2D eigenvalue weighted by Gasteiger charge is 2.39. The molecule has 1 aromatic rings. The van der Waals surface area contributed by atoms with Gasteiger partial charge in [-0.05, 0) is 50.7 Å². The Hall–Kier alpha value is -1.77. The average molecular weight is 343 g/mol. The molecule has 0 heterocycles. The fourth-order valence-electron chi connectivity index (χ4n) is 2.14. The van der Waals surface area contributed by atoms with Crippen molar-refractivity contribution in [3.8, 4) is 0 Å². The van der Waals surface area contributed by atoms with E-state index in [1.165, 1.54) is 19.0 Å². The van der Waals surface area contributed by atoms with Gasteiger partial charge in [0, 0.05) is 0 Å². The average Bonchev–Trinajstić information content (AvgIpc) is 2.33. The van der Waals surface area contributed by atoms with Gasteiger partial charge in [-0.2, -0.15) is 26.3 Å². The van der Waals surface area contributed by atoms with Crippen LogP contribution in [0, 0.1) is 6.92 Å². The van der Waals surface area contributed by atoms with Crippen LogP contribution in [0.2, 0.25) is 0 Å². The van der Waals surface area contributed by atoms with Crippen LogP contribution >= 0.6 is 0 Å². The van der Waals surface area contributed by atoms with Crippen molar-refractivity contribution in [2.45, 2.75) is 31.7 Å². The third kappa shape index (κ3) is 4.60. The molecule has 0 aliphatic rings. The topological polar surface area (TPSA) is 40.5 Å². The highest BCUT2D eigenvalue weighted by Crippen LogP contribution is 2.39. The van der Waals surface area contributed by atoms with Crippen LogP contribution in [0.4, 0.5) is 26.3 Å². The molecule has 0 aliphatic carbocycles. The summed E-state index contributed by atoms with van der Waals surface area (Å²) in [5.74, 6) is -1.33. The minimum Gasteiger partial charge on any atom is -0.480 e. The van der Waals surface area contributed by atoms with Crippen molar-refractivity contribution in [3.05, 3.63) is 34.4 Å². The van der Waals surface area contributed by atoms with Gasteiger partial charge in [-0.3, -0.25) is 9.69 Å². The maximum atomic E-state index is 13.0. The largest absolute Gasteiger partial charge is 0.480 e. The number of rotatable bonds is 4. The number of carboxylic acid groups (broad SMARTS) is 1. The number of aliphatic carboxylic acids is 1. The van der Waals surface area contributed by atoms with Crippen molar-refractivity contribution in [1.82, 2.24) is 4.90 Å². The second kappa shape index (κ2) is 6.38. The van der Waals surface area contributed by atoms with Crippen molar-refractivity contribution < 1.29 is 36.2 Å². The Morgan fingerprint density at radius 3 is 2.00 bits per heavy atom. The molecule has 1 rings (SSSR count). The van der Waals surface area contributed by atoms with Gasteiger partial charge in [-0.1, -0.05) is 0 Å². The lowest BCUT2D eigenvalue weighted by molar-refractivity contribution is -0.143. The molecule has 0 amide bonds. The predicted molar refractivity (Wildman–Crippen MR) is 70.0 cm³/mol. The van der Waals surface area contributed by atoms with Gasteiger partial charge in [0.2, 0.25) is 0 Å². The fraction of sp³-hybridized carbons (Fsp3) is 0.500. The lowest BCUT2D eigenvalue weighted by Crippen LogP contribution is -2.37. The third-order valence-corrected chi connectivity index (χ3v) is 3.47. The summed E-state index contributed by atoms with van der Waals surface area (Å²) in [7, 11) is 2.76. The quantitative estimate of drug-likeness (QED) is 0.850. The zero-order chi connectivity index (χ0) is 18.2. The minimum absolute atomic E-state index is 0.0459. The molecule has 0 saturated carbocycles. The zero-order valence-corrected chi connectivity index (χ0v) is 12.5. The van der Waals surface area contributed by atoms with E-state index in [4.69, 9.17) is 5.11 Å². The Kier molecular flexibility index (Phi) is 5.35. The SMILES string of the molecule is Cc1c(CC(C(=O)O)N(C)C)cc(C(F)(F)F)cc1C(F)(F)F. The first-order valence-corrected chi connectivity index (χ1v) is 6.42. The van der Waals surface area contributed by atoms with E-state index in [1.807, 2.05) is 0 Å². The van der Waals surface area contributed by atoms with Gasteiger partial charge in [0.1, 0.15) is 6.04 Å². The molecule has 1 atom stereocenters. The highest BCUT2D eigenvalue weighted by atomic mass is 19.4. The normalized spacial score (nSPS) is 14.2. The van der Waals surface area contributed by atoms with E-state index in [0.29, 0.717) is 6.07 Å². The van der Waals surface area contributed by atoms with Crippen molar-refractivity contribution in [2.24, 2.45) is 0 Å². The van der Waals surface area contributed by atoms with Crippen LogP contribution < -0.4 is 0 Å². The summed E-state index contributed by atoms with van der Waals surface area (Å²) >= 11 is 0. The molecule has 0 radical (unpaired) electrons. The second-order valence-corrected chi connectivity index (χ2v) is 5.33. The Morgan fingerprint density at radius 2 is 1.65 bits per heavy atom. The Labute approximate surface area is 128 Å². The molecule has 1 unspecified atom stereocenters. The first kappa shape index (κ1) is 19.3.